The number of halogens is 1. The Balaban J connectivity index is 0.00000288. The molecular formula is C16H26ClN3O3S. The third-order valence-corrected chi connectivity index (χ3v) is 5.84. The molecule has 0 bridgehead atoms. The molecule has 0 aliphatic carbocycles. The highest BCUT2D eigenvalue weighted by molar-refractivity contribution is 7.88. The zero-order valence-electron chi connectivity index (χ0n) is 14.0. The van der Waals surface area contributed by atoms with Gasteiger partial charge in [0.15, 0.2) is 0 Å². The molecule has 0 saturated carbocycles. The highest BCUT2D eigenvalue weighted by atomic mass is 35.5. The van der Waals surface area contributed by atoms with Crippen molar-refractivity contribution in [1.82, 2.24) is 14.5 Å². The molecule has 0 spiro atoms. The first-order chi connectivity index (χ1) is 11.0. The van der Waals surface area contributed by atoms with Gasteiger partial charge in [0.1, 0.15) is 0 Å². The first-order valence-corrected chi connectivity index (χ1v) is 9.58. The predicted octanol–water partition coefficient (Wildman–Crippen LogP) is 1.08. The van der Waals surface area contributed by atoms with E-state index in [0.717, 1.165) is 18.5 Å². The minimum Gasteiger partial charge on any atom is -0.340 e. The van der Waals surface area contributed by atoms with Crippen LogP contribution < -0.4 is 5.32 Å². The quantitative estimate of drug-likeness (QED) is 0.724. The number of amides is 1. The van der Waals surface area contributed by atoms with E-state index in [9.17, 15) is 13.2 Å². The molecule has 1 amide bonds. The molecule has 2 rings (SSSR count). The SMILES string of the molecule is CNCCCC(=O)N1CCN(S(=O)(=O)Cc2ccccc2)CC1.Cl. The van der Waals surface area contributed by atoms with Gasteiger partial charge in [0, 0.05) is 32.6 Å². The van der Waals surface area contributed by atoms with Crippen molar-refractivity contribution in [2.45, 2.75) is 18.6 Å². The molecule has 6 nitrogen and oxygen atoms in total. The van der Waals surface area contributed by atoms with E-state index in [1.807, 2.05) is 37.4 Å². The topological polar surface area (TPSA) is 69.7 Å². The van der Waals surface area contributed by atoms with Crippen LogP contribution in [0.1, 0.15) is 18.4 Å². The van der Waals surface area contributed by atoms with E-state index < -0.39 is 10.0 Å². The molecule has 136 valence electrons. The number of carbonyl (C=O) groups is 1. The Morgan fingerprint density at radius 3 is 2.33 bits per heavy atom. The molecule has 1 aliphatic heterocycles. The van der Waals surface area contributed by atoms with Crippen LogP contribution in [0.2, 0.25) is 0 Å². The van der Waals surface area contributed by atoms with Crippen molar-refractivity contribution >= 4 is 28.3 Å². The van der Waals surface area contributed by atoms with Crippen LogP contribution in [0.4, 0.5) is 0 Å². The van der Waals surface area contributed by atoms with Crippen LogP contribution in [0.3, 0.4) is 0 Å². The minimum absolute atomic E-state index is 0. The highest BCUT2D eigenvalue weighted by Gasteiger charge is 2.28. The molecule has 1 N–H and O–H groups in total. The van der Waals surface area contributed by atoms with E-state index in [2.05, 4.69) is 5.32 Å². The summed E-state index contributed by atoms with van der Waals surface area (Å²) in [6.07, 6.45) is 1.32. The Labute approximate surface area is 150 Å². The first-order valence-electron chi connectivity index (χ1n) is 7.97. The van der Waals surface area contributed by atoms with Gasteiger partial charge >= 0.3 is 0 Å². The lowest BCUT2D eigenvalue weighted by Gasteiger charge is -2.34. The lowest BCUT2D eigenvalue weighted by molar-refractivity contribution is -0.132. The normalized spacial score (nSPS) is 15.8. The number of carbonyl (C=O) groups excluding carboxylic acids is 1. The zero-order valence-corrected chi connectivity index (χ0v) is 15.6. The summed E-state index contributed by atoms with van der Waals surface area (Å²) < 4.78 is 26.4. The standard InChI is InChI=1S/C16H25N3O3S.ClH/c1-17-9-5-8-16(20)18-10-12-19(13-11-18)23(21,22)14-15-6-3-2-4-7-15;/h2-4,6-7,17H,5,8-14H2,1H3;1H. The summed E-state index contributed by atoms with van der Waals surface area (Å²) >= 11 is 0. The van der Waals surface area contributed by atoms with E-state index in [4.69, 9.17) is 0 Å². The maximum Gasteiger partial charge on any atom is 0.222 e. The van der Waals surface area contributed by atoms with E-state index in [1.54, 1.807) is 4.90 Å². The van der Waals surface area contributed by atoms with Crippen molar-refractivity contribution in [1.29, 1.82) is 0 Å². The lowest BCUT2D eigenvalue weighted by atomic mass is 10.2. The number of rotatable bonds is 7. The molecule has 1 saturated heterocycles. The van der Waals surface area contributed by atoms with Crippen LogP contribution >= 0.6 is 12.4 Å². The monoisotopic (exact) mass is 375 g/mol. The Kier molecular flexibility index (Phi) is 8.69. The summed E-state index contributed by atoms with van der Waals surface area (Å²) in [5.41, 5.74) is 0.790. The summed E-state index contributed by atoms with van der Waals surface area (Å²) in [5, 5.41) is 3.02. The second-order valence-electron chi connectivity index (χ2n) is 5.73. The van der Waals surface area contributed by atoms with Crippen LogP contribution in [-0.4, -0.2) is 63.3 Å². The van der Waals surface area contributed by atoms with E-state index in [0.29, 0.717) is 32.6 Å². The second kappa shape index (κ2) is 9.98. The zero-order chi connectivity index (χ0) is 16.7. The maximum absolute atomic E-state index is 12.5. The summed E-state index contributed by atoms with van der Waals surface area (Å²) in [6.45, 7) is 2.54. The predicted molar refractivity (Wildman–Crippen MR) is 97.6 cm³/mol. The lowest BCUT2D eigenvalue weighted by Crippen LogP contribution is -2.50. The Bertz CT molecular complexity index is 602. The second-order valence-corrected chi connectivity index (χ2v) is 7.70. The summed E-state index contributed by atoms with van der Waals surface area (Å²) in [4.78, 5) is 13.8. The number of hydrogen-bond donors (Lipinski definition) is 1. The number of benzene rings is 1. The molecule has 0 radical (unpaired) electrons. The van der Waals surface area contributed by atoms with Crippen LogP contribution in [-0.2, 0) is 20.6 Å². The van der Waals surface area contributed by atoms with E-state index in [1.165, 1.54) is 4.31 Å². The number of nitrogens with one attached hydrogen (secondary N) is 1. The molecule has 1 heterocycles. The number of piperazine rings is 1. The molecule has 1 aromatic rings. The molecular weight excluding hydrogens is 350 g/mol. The summed E-state index contributed by atoms with van der Waals surface area (Å²) in [5.74, 6) is 0.129. The summed E-state index contributed by atoms with van der Waals surface area (Å²) in [7, 11) is -1.46. The Morgan fingerprint density at radius 2 is 1.75 bits per heavy atom. The highest BCUT2D eigenvalue weighted by Crippen LogP contribution is 2.14. The fourth-order valence-corrected chi connectivity index (χ4v) is 4.18. The van der Waals surface area contributed by atoms with Crippen LogP contribution in [0.5, 0.6) is 0 Å². The Hall–Kier alpha value is -1.15. The van der Waals surface area contributed by atoms with Crippen molar-refractivity contribution < 1.29 is 13.2 Å². The van der Waals surface area contributed by atoms with Gasteiger partial charge < -0.3 is 10.2 Å². The minimum atomic E-state index is -3.32. The molecule has 0 atom stereocenters. The van der Waals surface area contributed by atoms with Crippen molar-refractivity contribution in [2.24, 2.45) is 0 Å². The number of nitrogens with zero attached hydrogens (tertiary/aromatic N) is 2. The average molecular weight is 376 g/mol. The van der Waals surface area contributed by atoms with Crippen LogP contribution in [0, 0.1) is 0 Å². The van der Waals surface area contributed by atoms with Crippen molar-refractivity contribution in [3.05, 3.63) is 35.9 Å². The molecule has 24 heavy (non-hydrogen) atoms. The van der Waals surface area contributed by atoms with Gasteiger partial charge in [0.05, 0.1) is 5.75 Å². The van der Waals surface area contributed by atoms with Gasteiger partial charge in [-0.1, -0.05) is 30.3 Å². The van der Waals surface area contributed by atoms with Crippen molar-refractivity contribution in [3.63, 3.8) is 0 Å². The number of hydrogen-bond acceptors (Lipinski definition) is 4. The fraction of sp³-hybridized carbons (Fsp3) is 0.562. The average Bonchev–Trinajstić information content (AvgIpc) is 2.55. The van der Waals surface area contributed by atoms with E-state index in [-0.39, 0.29) is 24.1 Å². The van der Waals surface area contributed by atoms with Gasteiger partial charge in [-0.2, -0.15) is 4.31 Å². The molecule has 1 aliphatic rings. The van der Waals surface area contributed by atoms with Gasteiger partial charge in [-0.05, 0) is 25.6 Å². The van der Waals surface area contributed by atoms with Gasteiger partial charge in [-0.3, -0.25) is 4.79 Å². The third-order valence-electron chi connectivity index (χ3n) is 3.99. The third kappa shape index (κ3) is 6.05. The fourth-order valence-electron chi connectivity index (χ4n) is 2.67. The van der Waals surface area contributed by atoms with Gasteiger partial charge in [-0.15, -0.1) is 12.4 Å². The Morgan fingerprint density at radius 1 is 1.12 bits per heavy atom. The van der Waals surface area contributed by atoms with Gasteiger partial charge in [0.2, 0.25) is 15.9 Å². The largest absolute Gasteiger partial charge is 0.340 e. The van der Waals surface area contributed by atoms with E-state index >= 15 is 0 Å². The van der Waals surface area contributed by atoms with Crippen molar-refractivity contribution in [2.75, 3.05) is 39.8 Å². The molecule has 1 aromatic carbocycles. The molecule has 8 heteroatoms. The van der Waals surface area contributed by atoms with Gasteiger partial charge in [0.25, 0.3) is 0 Å². The maximum atomic E-state index is 12.5. The molecule has 1 fully saturated rings. The van der Waals surface area contributed by atoms with Gasteiger partial charge in [-0.25, -0.2) is 8.42 Å². The van der Waals surface area contributed by atoms with Crippen LogP contribution in [0.15, 0.2) is 30.3 Å². The molecule has 0 aromatic heterocycles. The van der Waals surface area contributed by atoms with Crippen LogP contribution in [0.25, 0.3) is 0 Å². The number of sulfonamides is 1. The van der Waals surface area contributed by atoms with Crippen molar-refractivity contribution in [3.8, 4) is 0 Å². The summed E-state index contributed by atoms with van der Waals surface area (Å²) in [6, 6.07) is 9.19. The first kappa shape index (κ1) is 20.9. The smallest absolute Gasteiger partial charge is 0.222 e. The molecule has 0 unspecified atom stereocenters.